The highest BCUT2D eigenvalue weighted by atomic mass is 35.5. The Morgan fingerprint density at radius 2 is 2.07 bits per heavy atom. The van der Waals surface area contributed by atoms with Crippen LogP contribution in [0.2, 0.25) is 5.02 Å². The van der Waals surface area contributed by atoms with Crippen molar-refractivity contribution in [3.63, 3.8) is 0 Å². The Balaban J connectivity index is 1.51. The SMILES string of the molecule is CCOc1ccccc1CN1CCC[C@H](CCC(=O)Nc2cc(Cl)ccc2OC)C1. The lowest BCUT2D eigenvalue weighted by Crippen LogP contribution is -2.35. The van der Waals surface area contributed by atoms with Crippen molar-refractivity contribution in [2.75, 3.05) is 32.1 Å². The molecule has 1 heterocycles. The zero-order chi connectivity index (χ0) is 21.3. The van der Waals surface area contributed by atoms with E-state index in [1.807, 2.05) is 19.1 Å². The third-order valence-corrected chi connectivity index (χ3v) is 5.72. The van der Waals surface area contributed by atoms with Gasteiger partial charge in [-0.15, -0.1) is 0 Å². The molecule has 6 heteroatoms. The van der Waals surface area contributed by atoms with Gasteiger partial charge in [0, 0.05) is 30.1 Å². The van der Waals surface area contributed by atoms with Crippen LogP contribution in [0.25, 0.3) is 0 Å². The number of carbonyl (C=O) groups excluding carboxylic acids is 1. The summed E-state index contributed by atoms with van der Waals surface area (Å²) in [6.45, 7) is 5.67. The number of hydrogen-bond donors (Lipinski definition) is 1. The van der Waals surface area contributed by atoms with Gasteiger partial charge in [-0.1, -0.05) is 29.8 Å². The maximum absolute atomic E-state index is 12.5. The molecule has 2 aromatic carbocycles. The first kappa shape index (κ1) is 22.4. The number of para-hydroxylation sites is 1. The van der Waals surface area contributed by atoms with Crippen LogP contribution in [-0.2, 0) is 11.3 Å². The fraction of sp³-hybridized carbons (Fsp3) is 0.458. The number of nitrogens with zero attached hydrogens (tertiary/aromatic N) is 1. The van der Waals surface area contributed by atoms with E-state index in [1.54, 1.807) is 25.3 Å². The smallest absolute Gasteiger partial charge is 0.224 e. The number of methoxy groups -OCH3 is 1. The van der Waals surface area contributed by atoms with E-state index in [4.69, 9.17) is 21.1 Å². The summed E-state index contributed by atoms with van der Waals surface area (Å²) in [4.78, 5) is 15.0. The first-order chi connectivity index (χ1) is 14.6. The van der Waals surface area contributed by atoms with Gasteiger partial charge in [0.2, 0.25) is 5.91 Å². The Morgan fingerprint density at radius 1 is 1.23 bits per heavy atom. The molecule has 1 fully saturated rings. The Kier molecular flexibility index (Phi) is 8.40. The molecule has 0 saturated carbocycles. The number of nitrogens with one attached hydrogen (secondary N) is 1. The van der Waals surface area contributed by atoms with Crippen LogP contribution >= 0.6 is 11.6 Å². The molecule has 2 aromatic rings. The van der Waals surface area contributed by atoms with Crippen LogP contribution < -0.4 is 14.8 Å². The summed E-state index contributed by atoms with van der Waals surface area (Å²) in [6.07, 6.45) is 3.69. The molecule has 5 nitrogen and oxygen atoms in total. The number of likely N-dealkylation sites (tertiary alicyclic amines) is 1. The molecule has 162 valence electrons. The van der Waals surface area contributed by atoms with Crippen LogP contribution in [0.15, 0.2) is 42.5 Å². The van der Waals surface area contributed by atoms with Crippen LogP contribution in [-0.4, -0.2) is 37.6 Å². The third-order valence-electron chi connectivity index (χ3n) is 5.48. The number of piperidine rings is 1. The molecular formula is C24H31ClN2O3. The van der Waals surface area contributed by atoms with Gasteiger partial charge in [0.1, 0.15) is 11.5 Å². The highest BCUT2D eigenvalue weighted by Crippen LogP contribution is 2.29. The van der Waals surface area contributed by atoms with Gasteiger partial charge in [-0.3, -0.25) is 9.69 Å². The van der Waals surface area contributed by atoms with Crippen molar-refractivity contribution < 1.29 is 14.3 Å². The third kappa shape index (κ3) is 6.38. The zero-order valence-electron chi connectivity index (χ0n) is 17.8. The first-order valence-corrected chi connectivity index (χ1v) is 11.0. The van der Waals surface area contributed by atoms with E-state index < -0.39 is 0 Å². The monoisotopic (exact) mass is 430 g/mol. The second-order valence-electron chi connectivity index (χ2n) is 7.72. The highest BCUT2D eigenvalue weighted by Gasteiger charge is 2.22. The molecule has 0 radical (unpaired) electrons. The number of halogens is 1. The lowest BCUT2D eigenvalue weighted by molar-refractivity contribution is -0.116. The van der Waals surface area contributed by atoms with Crippen molar-refractivity contribution in [2.24, 2.45) is 5.92 Å². The number of ether oxygens (including phenoxy) is 2. The molecule has 1 aliphatic rings. The van der Waals surface area contributed by atoms with E-state index in [-0.39, 0.29) is 5.91 Å². The standard InChI is InChI=1S/C24H31ClN2O3/c1-3-30-22-9-5-4-8-19(22)17-27-14-6-7-18(16-27)10-13-24(28)26-21-15-20(25)11-12-23(21)29-2/h4-5,8-9,11-12,15,18H,3,6-7,10,13-14,16-17H2,1-2H3,(H,26,28)/t18-/m1/s1. The molecule has 30 heavy (non-hydrogen) atoms. The molecule has 0 aliphatic carbocycles. The number of carbonyl (C=O) groups is 1. The number of benzene rings is 2. The average molecular weight is 431 g/mol. The number of hydrogen-bond acceptors (Lipinski definition) is 4. The lowest BCUT2D eigenvalue weighted by atomic mass is 9.93. The molecule has 0 aromatic heterocycles. The normalized spacial score (nSPS) is 16.8. The van der Waals surface area contributed by atoms with E-state index in [9.17, 15) is 4.79 Å². The predicted molar refractivity (Wildman–Crippen MR) is 121 cm³/mol. The van der Waals surface area contributed by atoms with Crippen LogP contribution in [0.5, 0.6) is 11.5 Å². The number of amides is 1. The van der Waals surface area contributed by atoms with Gasteiger partial charge in [-0.25, -0.2) is 0 Å². The van der Waals surface area contributed by atoms with Crippen LogP contribution in [0.4, 0.5) is 5.69 Å². The zero-order valence-corrected chi connectivity index (χ0v) is 18.6. The Bertz CT molecular complexity index is 843. The minimum atomic E-state index is -0.00520. The van der Waals surface area contributed by atoms with Crippen molar-refractivity contribution in [3.8, 4) is 11.5 Å². The van der Waals surface area contributed by atoms with Crippen molar-refractivity contribution in [1.29, 1.82) is 0 Å². The fourth-order valence-corrected chi connectivity index (χ4v) is 4.20. The lowest BCUT2D eigenvalue weighted by Gasteiger charge is -2.33. The van der Waals surface area contributed by atoms with E-state index in [0.717, 1.165) is 44.6 Å². The quantitative estimate of drug-likeness (QED) is 0.580. The molecule has 1 saturated heterocycles. The van der Waals surface area contributed by atoms with Gasteiger partial charge in [-0.05, 0) is 62.9 Å². The number of anilines is 1. The summed E-state index contributed by atoms with van der Waals surface area (Å²) in [6, 6.07) is 13.5. The topological polar surface area (TPSA) is 50.8 Å². The van der Waals surface area contributed by atoms with E-state index in [2.05, 4.69) is 22.3 Å². The summed E-state index contributed by atoms with van der Waals surface area (Å²) in [7, 11) is 1.58. The molecular weight excluding hydrogens is 400 g/mol. The maximum Gasteiger partial charge on any atom is 0.224 e. The summed E-state index contributed by atoms with van der Waals surface area (Å²) >= 11 is 6.05. The van der Waals surface area contributed by atoms with Crippen LogP contribution in [0, 0.1) is 5.92 Å². The molecule has 0 spiro atoms. The van der Waals surface area contributed by atoms with Crippen LogP contribution in [0.3, 0.4) is 0 Å². The van der Waals surface area contributed by atoms with E-state index in [1.165, 1.54) is 5.56 Å². The second kappa shape index (κ2) is 11.2. The fourth-order valence-electron chi connectivity index (χ4n) is 4.03. The van der Waals surface area contributed by atoms with Crippen molar-refractivity contribution >= 4 is 23.2 Å². The van der Waals surface area contributed by atoms with E-state index >= 15 is 0 Å². The molecule has 3 rings (SSSR count). The minimum absolute atomic E-state index is 0.00520. The molecule has 1 atom stereocenters. The summed E-state index contributed by atoms with van der Waals surface area (Å²) in [5, 5.41) is 3.51. The number of rotatable bonds is 9. The molecule has 1 amide bonds. The first-order valence-electron chi connectivity index (χ1n) is 10.7. The Morgan fingerprint density at radius 3 is 2.87 bits per heavy atom. The highest BCUT2D eigenvalue weighted by molar-refractivity contribution is 6.31. The van der Waals surface area contributed by atoms with Crippen molar-refractivity contribution in [2.45, 2.75) is 39.2 Å². The average Bonchev–Trinajstić information content (AvgIpc) is 2.74. The minimum Gasteiger partial charge on any atom is -0.495 e. The molecule has 1 N–H and O–H groups in total. The van der Waals surface area contributed by atoms with Crippen LogP contribution in [0.1, 0.15) is 38.2 Å². The largest absolute Gasteiger partial charge is 0.495 e. The summed E-state index contributed by atoms with van der Waals surface area (Å²) < 4.78 is 11.1. The Hall–Kier alpha value is -2.24. The Labute approximate surface area is 184 Å². The van der Waals surface area contributed by atoms with Crippen molar-refractivity contribution in [1.82, 2.24) is 4.90 Å². The van der Waals surface area contributed by atoms with Crippen molar-refractivity contribution in [3.05, 3.63) is 53.1 Å². The predicted octanol–water partition coefficient (Wildman–Crippen LogP) is 5.38. The van der Waals surface area contributed by atoms with Gasteiger partial charge in [0.15, 0.2) is 0 Å². The van der Waals surface area contributed by atoms with Gasteiger partial charge in [-0.2, -0.15) is 0 Å². The van der Waals surface area contributed by atoms with Gasteiger partial charge in [0.05, 0.1) is 19.4 Å². The maximum atomic E-state index is 12.5. The van der Waals surface area contributed by atoms with Gasteiger partial charge < -0.3 is 14.8 Å². The molecule has 0 bridgehead atoms. The molecule has 0 unspecified atom stereocenters. The van der Waals surface area contributed by atoms with E-state index in [0.29, 0.717) is 35.4 Å². The summed E-state index contributed by atoms with van der Waals surface area (Å²) in [5.41, 5.74) is 1.85. The van der Waals surface area contributed by atoms with Gasteiger partial charge in [0.25, 0.3) is 0 Å². The second-order valence-corrected chi connectivity index (χ2v) is 8.15. The molecule has 1 aliphatic heterocycles. The summed E-state index contributed by atoms with van der Waals surface area (Å²) in [5.74, 6) is 2.10. The van der Waals surface area contributed by atoms with Gasteiger partial charge >= 0.3 is 0 Å².